The molecule has 0 spiro atoms. The number of benzene rings is 1. The van der Waals surface area contributed by atoms with Crippen molar-refractivity contribution in [1.82, 2.24) is 10.6 Å². The molecule has 29 heavy (non-hydrogen) atoms. The minimum Gasteiger partial charge on any atom is -0.353 e. The fourth-order valence-corrected chi connectivity index (χ4v) is 6.30. The molecule has 0 radical (unpaired) electrons. The van der Waals surface area contributed by atoms with Crippen LogP contribution in [0.15, 0.2) is 29.2 Å². The molecule has 4 rings (SSSR count). The average molecular weight is 433 g/mol. The molecule has 4 nitrogen and oxygen atoms in total. The van der Waals surface area contributed by atoms with E-state index in [0.717, 1.165) is 36.2 Å². The van der Waals surface area contributed by atoms with Crippen molar-refractivity contribution >= 4 is 41.3 Å². The maximum atomic E-state index is 12.9. The third kappa shape index (κ3) is 5.00. The van der Waals surface area contributed by atoms with Crippen molar-refractivity contribution in [2.75, 3.05) is 0 Å². The number of hydrogen-bond donors (Lipinski definition) is 2. The highest BCUT2D eigenvalue weighted by atomic mass is 35.5. The summed E-state index contributed by atoms with van der Waals surface area (Å²) < 4.78 is 0. The van der Waals surface area contributed by atoms with E-state index in [9.17, 15) is 9.59 Å². The predicted molar refractivity (Wildman–Crippen MR) is 120 cm³/mol. The van der Waals surface area contributed by atoms with E-state index >= 15 is 0 Å². The van der Waals surface area contributed by atoms with Crippen LogP contribution in [0.5, 0.6) is 0 Å². The van der Waals surface area contributed by atoms with Gasteiger partial charge in [-0.25, -0.2) is 0 Å². The number of rotatable bonds is 3. The Balaban J connectivity index is 1.37. The molecule has 5 atom stereocenters. The molecule has 156 valence electrons. The fraction of sp³-hybridized carbons (Fsp3) is 0.565. The second kappa shape index (κ2) is 9.13. The lowest BCUT2D eigenvalue weighted by atomic mass is 9.82. The van der Waals surface area contributed by atoms with Crippen molar-refractivity contribution in [3.05, 3.63) is 39.8 Å². The van der Waals surface area contributed by atoms with Gasteiger partial charge < -0.3 is 10.6 Å². The van der Waals surface area contributed by atoms with E-state index in [1.54, 1.807) is 11.8 Å². The number of carbonyl (C=O) groups is 2. The molecule has 6 heteroatoms. The molecule has 0 aromatic heterocycles. The number of amides is 2. The number of fused-ring (bicyclic) bond motifs is 1. The zero-order valence-electron chi connectivity index (χ0n) is 16.8. The van der Waals surface area contributed by atoms with E-state index < -0.39 is 0 Å². The highest BCUT2D eigenvalue weighted by Gasteiger charge is 2.40. The number of carbonyl (C=O) groups excluding carboxylic acids is 2. The first-order valence-corrected chi connectivity index (χ1v) is 12.0. The maximum Gasteiger partial charge on any atom is 0.257 e. The van der Waals surface area contributed by atoms with Crippen LogP contribution in [0, 0.1) is 11.8 Å². The summed E-state index contributed by atoms with van der Waals surface area (Å²) in [5.74, 6) is 0.706. The molecule has 2 N–H and O–H groups in total. The lowest BCUT2D eigenvalue weighted by molar-refractivity contribution is -0.128. The fourth-order valence-electron chi connectivity index (χ4n) is 4.81. The molecule has 1 aromatic rings. The van der Waals surface area contributed by atoms with Gasteiger partial charge in [0.2, 0.25) is 5.91 Å². The van der Waals surface area contributed by atoms with Crippen molar-refractivity contribution < 1.29 is 9.59 Å². The van der Waals surface area contributed by atoms with Gasteiger partial charge >= 0.3 is 0 Å². The lowest BCUT2D eigenvalue weighted by Gasteiger charge is -2.40. The summed E-state index contributed by atoms with van der Waals surface area (Å²) in [6, 6.07) is 7.91. The van der Waals surface area contributed by atoms with Gasteiger partial charge in [-0.1, -0.05) is 43.5 Å². The van der Waals surface area contributed by atoms with Crippen molar-refractivity contribution in [2.24, 2.45) is 11.8 Å². The van der Waals surface area contributed by atoms with Crippen molar-refractivity contribution in [1.29, 1.82) is 0 Å². The molecule has 3 fully saturated rings. The van der Waals surface area contributed by atoms with E-state index in [4.69, 9.17) is 11.6 Å². The van der Waals surface area contributed by atoms with Gasteiger partial charge in [0.15, 0.2) is 0 Å². The minimum absolute atomic E-state index is 0.00439. The first kappa shape index (κ1) is 20.8. The summed E-state index contributed by atoms with van der Waals surface area (Å²) in [5.41, 5.74) is 0.934. The van der Waals surface area contributed by atoms with Crippen LogP contribution in [-0.2, 0) is 9.59 Å². The van der Waals surface area contributed by atoms with E-state index in [1.807, 2.05) is 30.3 Å². The Morgan fingerprint density at radius 3 is 2.86 bits per heavy atom. The van der Waals surface area contributed by atoms with Crippen LogP contribution in [0.25, 0.3) is 6.08 Å². The van der Waals surface area contributed by atoms with Crippen molar-refractivity contribution in [3.8, 4) is 0 Å². The topological polar surface area (TPSA) is 58.2 Å². The summed E-state index contributed by atoms with van der Waals surface area (Å²) in [6.45, 7) is 2.24. The van der Waals surface area contributed by atoms with Crippen LogP contribution in [0.2, 0.25) is 5.02 Å². The van der Waals surface area contributed by atoms with E-state index in [0.29, 0.717) is 22.2 Å². The van der Waals surface area contributed by atoms with Crippen LogP contribution >= 0.6 is 23.4 Å². The molecule has 0 bridgehead atoms. The second-order valence-electron chi connectivity index (χ2n) is 8.69. The molecule has 1 heterocycles. The summed E-state index contributed by atoms with van der Waals surface area (Å²) in [6.07, 6.45) is 9.26. The predicted octanol–water partition coefficient (Wildman–Crippen LogP) is 4.78. The highest BCUT2D eigenvalue weighted by Crippen LogP contribution is 2.40. The normalized spacial score (nSPS) is 33.7. The number of nitrogens with one attached hydrogen (secondary N) is 2. The number of halogens is 1. The Hall–Kier alpha value is -1.46. The Morgan fingerprint density at radius 2 is 2.07 bits per heavy atom. The summed E-state index contributed by atoms with van der Waals surface area (Å²) in [5, 5.41) is 7.46. The summed E-state index contributed by atoms with van der Waals surface area (Å²) in [4.78, 5) is 26.2. The molecule has 5 unspecified atom stereocenters. The van der Waals surface area contributed by atoms with Gasteiger partial charge in [0.1, 0.15) is 0 Å². The SMILES string of the molecule is CC1CCCCC1NC(=O)C1CCC2S/C(=C/c3cccc(Cl)c3)C(=O)NC2C1. The Bertz CT molecular complexity index is 812. The Labute approximate surface area is 182 Å². The molecule has 1 aliphatic heterocycles. The zero-order valence-corrected chi connectivity index (χ0v) is 18.4. The van der Waals surface area contributed by atoms with Gasteiger partial charge in [-0.3, -0.25) is 9.59 Å². The highest BCUT2D eigenvalue weighted by molar-refractivity contribution is 8.04. The third-order valence-corrected chi connectivity index (χ3v) is 8.22. The molecule has 3 aliphatic rings. The quantitative estimate of drug-likeness (QED) is 0.676. The van der Waals surface area contributed by atoms with E-state index in [1.165, 1.54) is 19.3 Å². The van der Waals surface area contributed by atoms with Crippen LogP contribution < -0.4 is 10.6 Å². The smallest absolute Gasteiger partial charge is 0.257 e. The molecule has 1 saturated heterocycles. The van der Waals surface area contributed by atoms with E-state index in [2.05, 4.69) is 17.6 Å². The van der Waals surface area contributed by atoms with Gasteiger partial charge in [0.05, 0.1) is 4.91 Å². The molecule has 1 aromatic carbocycles. The van der Waals surface area contributed by atoms with Crippen molar-refractivity contribution in [2.45, 2.75) is 69.2 Å². The molecular weight excluding hydrogens is 404 g/mol. The van der Waals surface area contributed by atoms with Crippen LogP contribution in [0.4, 0.5) is 0 Å². The maximum absolute atomic E-state index is 12.9. The monoisotopic (exact) mass is 432 g/mol. The Kier molecular flexibility index (Phi) is 6.55. The second-order valence-corrected chi connectivity index (χ2v) is 10.4. The van der Waals surface area contributed by atoms with E-state index in [-0.39, 0.29) is 23.8 Å². The minimum atomic E-state index is -0.0433. The zero-order chi connectivity index (χ0) is 20.4. The average Bonchev–Trinajstić information content (AvgIpc) is 2.70. The van der Waals surface area contributed by atoms with Crippen molar-refractivity contribution in [3.63, 3.8) is 0 Å². The molecule has 2 amide bonds. The third-order valence-electron chi connectivity index (χ3n) is 6.56. The molecule has 2 saturated carbocycles. The largest absolute Gasteiger partial charge is 0.353 e. The van der Waals surface area contributed by atoms with Gasteiger partial charge in [-0.2, -0.15) is 0 Å². The van der Waals surface area contributed by atoms with Gasteiger partial charge in [-0.15, -0.1) is 11.8 Å². The Morgan fingerprint density at radius 1 is 1.24 bits per heavy atom. The summed E-state index contributed by atoms with van der Waals surface area (Å²) >= 11 is 7.71. The summed E-state index contributed by atoms with van der Waals surface area (Å²) in [7, 11) is 0. The first-order valence-electron chi connectivity index (χ1n) is 10.7. The van der Waals surface area contributed by atoms with Gasteiger partial charge in [0, 0.05) is 28.3 Å². The number of thioether (sulfide) groups is 1. The van der Waals surface area contributed by atoms with Gasteiger partial charge in [-0.05, 0) is 61.8 Å². The van der Waals surface area contributed by atoms with Crippen LogP contribution in [0.1, 0.15) is 57.4 Å². The van der Waals surface area contributed by atoms with Crippen LogP contribution in [0.3, 0.4) is 0 Å². The molecule has 2 aliphatic carbocycles. The number of hydrogen-bond acceptors (Lipinski definition) is 3. The van der Waals surface area contributed by atoms with Gasteiger partial charge in [0.25, 0.3) is 5.91 Å². The van der Waals surface area contributed by atoms with Crippen LogP contribution in [-0.4, -0.2) is 29.1 Å². The first-order chi connectivity index (χ1) is 14.0. The molecular formula is C23H29ClN2O2S. The lowest BCUT2D eigenvalue weighted by Crippen LogP contribution is -2.52. The standard InChI is InChI=1S/C23H29ClN2O2S/c1-14-5-2-3-8-18(14)25-22(27)16-9-10-20-19(13-16)26-23(28)21(29-20)12-15-6-4-7-17(24)11-15/h4,6-7,11-12,14,16,18-20H,2-3,5,8-10,13H2,1H3,(H,25,27)(H,26,28)/b21-12+.